The van der Waals surface area contributed by atoms with Gasteiger partial charge in [0.05, 0.1) is 12.1 Å². The first-order valence-electron chi connectivity index (χ1n) is 16.3. The number of nitrogens with zero attached hydrogens (tertiary/aromatic N) is 1. The molecule has 1 aromatic heterocycles. The van der Waals surface area contributed by atoms with Crippen molar-refractivity contribution in [3.05, 3.63) is 173 Å². The van der Waals surface area contributed by atoms with Gasteiger partial charge in [-0.05, 0) is 46.2 Å². The van der Waals surface area contributed by atoms with E-state index in [1.54, 1.807) is 6.07 Å². The standard InChI is InChI=1S/C41H43N3O4/c1-28(2)36(40(47,30-18-9-5-10-19-30)31-20-11-6-12-21-31)43-38(45)34-26-17-27-35(42-34)39(46)44-37(29(3)4)41(48,32-22-13-7-14-23-32)33-24-15-8-16-25-33/h5-29,36-37,47-48H,1-4H3,(H,43,45)(H,44,46)/t36-,37-/m0/s1. The van der Waals surface area contributed by atoms with E-state index in [1.165, 1.54) is 12.1 Å². The van der Waals surface area contributed by atoms with Crippen molar-refractivity contribution in [2.45, 2.75) is 51.0 Å². The van der Waals surface area contributed by atoms with Crippen LogP contribution in [0.3, 0.4) is 0 Å². The van der Waals surface area contributed by atoms with E-state index >= 15 is 0 Å². The van der Waals surface area contributed by atoms with Gasteiger partial charge in [-0.1, -0.05) is 155 Å². The fourth-order valence-corrected chi connectivity index (χ4v) is 6.45. The highest BCUT2D eigenvalue weighted by molar-refractivity contribution is 5.96. The van der Waals surface area contributed by atoms with Gasteiger partial charge in [0, 0.05) is 0 Å². The zero-order valence-electron chi connectivity index (χ0n) is 27.7. The Morgan fingerprint density at radius 2 is 0.750 bits per heavy atom. The molecule has 5 aromatic rings. The van der Waals surface area contributed by atoms with Gasteiger partial charge in [0.2, 0.25) is 0 Å². The molecule has 0 bridgehead atoms. The molecule has 0 aliphatic rings. The van der Waals surface area contributed by atoms with Gasteiger partial charge in [0.1, 0.15) is 22.6 Å². The zero-order chi connectivity index (χ0) is 34.3. The number of hydrogen-bond acceptors (Lipinski definition) is 5. The third-order valence-corrected chi connectivity index (χ3v) is 8.88. The lowest BCUT2D eigenvalue weighted by Gasteiger charge is -2.40. The normalized spacial score (nSPS) is 13.2. The Morgan fingerprint density at radius 1 is 0.479 bits per heavy atom. The summed E-state index contributed by atoms with van der Waals surface area (Å²) in [7, 11) is 0. The molecule has 0 aliphatic heterocycles. The van der Waals surface area contributed by atoms with E-state index in [-0.39, 0.29) is 23.2 Å². The van der Waals surface area contributed by atoms with Crippen LogP contribution in [-0.2, 0) is 11.2 Å². The van der Waals surface area contributed by atoms with Crippen LogP contribution in [0.4, 0.5) is 0 Å². The van der Waals surface area contributed by atoms with E-state index in [0.29, 0.717) is 22.3 Å². The minimum absolute atomic E-state index is 0.0271. The first-order valence-corrected chi connectivity index (χ1v) is 16.3. The first kappa shape index (κ1) is 34.2. The van der Waals surface area contributed by atoms with Crippen molar-refractivity contribution in [1.29, 1.82) is 0 Å². The molecular weight excluding hydrogens is 598 g/mol. The van der Waals surface area contributed by atoms with Crippen LogP contribution in [0.2, 0.25) is 0 Å². The Labute approximate surface area is 282 Å². The van der Waals surface area contributed by atoms with Gasteiger partial charge < -0.3 is 20.8 Å². The lowest BCUT2D eigenvalue weighted by atomic mass is 9.75. The minimum Gasteiger partial charge on any atom is -0.378 e. The third kappa shape index (κ3) is 6.93. The maximum absolute atomic E-state index is 13.8. The van der Waals surface area contributed by atoms with Crippen LogP contribution < -0.4 is 10.6 Å². The fourth-order valence-electron chi connectivity index (χ4n) is 6.45. The van der Waals surface area contributed by atoms with E-state index in [0.717, 1.165) is 0 Å². The zero-order valence-corrected chi connectivity index (χ0v) is 27.7. The predicted octanol–water partition coefficient (Wildman–Crippen LogP) is 6.46. The van der Waals surface area contributed by atoms with Crippen molar-refractivity contribution < 1.29 is 19.8 Å². The Bertz CT molecular complexity index is 1590. The van der Waals surface area contributed by atoms with Gasteiger partial charge in [-0.15, -0.1) is 0 Å². The number of pyridine rings is 1. The number of carbonyl (C=O) groups is 2. The summed E-state index contributed by atoms with van der Waals surface area (Å²) in [5, 5.41) is 30.9. The summed E-state index contributed by atoms with van der Waals surface area (Å²) >= 11 is 0. The van der Waals surface area contributed by atoms with Crippen molar-refractivity contribution in [2.24, 2.45) is 11.8 Å². The van der Waals surface area contributed by atoms with Crippen molar-refractivity contribution >= 4 is 11.8 Å². The Balaban J connectivity index is 1.45. The van der Waals surface area contributed by atoms with Crippen LogP contribution in [0.1, 0.15) is 70.9 Å². The molecule has 0 aliphatic carbocycles. The molecule has 7 nitrogen and oxygen atoms in total. The van der Waals surface area contributed by atoms with Gasteiger partial charge in [0.25, 0.3) is 11.8 Å². The number of rotatable bonds is 12. The summed E-state index contributed by atoms with van der Waals surface area (Å²) in [6, 6.07) is 40.3. The number of hydrogen-bond donors (Lipinski definition) is 4. The molecular formula is C41H43N3O4. The van der Waals surface area contributed by atoms with Crippen LogP contribution in [0.5, 0.6) is 0 Å². The Kier molecular flexibility index (Phi) is 10.5. The number of carbonyl (C=O) groups excluding carboxylic acids is 2. The number of nitrogens with one attached hydrogen (secondary N) is 2. The van der Waals surface area contributed by atoms with E-state index in [9.17, 15) is 19.8 Å². The molecule has 2 amide bonds. The SMILES string of the molecule is CC(C)[C@H](NC(=O)c1cccc(C(=O)N[C@@H](C(C)C)C(O)(c2ccccc2)c2ccccc2)n1)C(O)(c1ccccc1)c1ccccc1. The molecule has 7 heteroatoms. The smallest absolute Gasteiger partial charge is 0.270 e. The Morgan fingerprint density at radius 3 is 1.00 bits per heavy atom. The lowest BCUT2D eigenvalue weighted by Crippen LogP contribution is -2.54. The second-order valence-corrected chi connectivity index (χ2v) is 12.8. The molecule has 0 unspecified atom stereocenters. The predicted molar refractivity (Wildman–Crippen MR) is 188 cm³/mol. The van der Waals surface area contributed by atoms with Crippen LogP contribution in [0.15, 0.2) is 140 Å². The summed E-state index contributed by atoms with van der Waals surface area (Å²) in [4.78, 5) is 32.2. The van der Waals surface area contributed by atoms with E-state index in [1.807, 2.05) is 149 Å². The highest BCUT2D eigenvalue weighted by atomic mass is 16.3. The largest absolute Gasteiger partial charge is 0.378 e. The molecule has 0 fully saturated rings. The molecule has 48 heavy (non-hydrogen) atoms. The van der Waals surface area contributed by atoms with E-state index in [4.69, 9.17) is 0 Å². The highest BCUT2D eigenvalue weighted by Crippen LogP contribution is 2.37. The van der Waals surface area contributed by atoms with Crippen molar-refractivity contribution in [1.82, 2.24) is 15.6 Å². The number of aromatic nitrogens is 1. The molecule has 2 atom stereocenters. The molecule has 0 radical (unpaired) electrons. The van der Waals surface area contributed by atoms with Crippen molar-refractivity contribution in [3.8, 4) is 0 Å². The van der Waals surface area contributed by atoms with Crippen molar-refractivity contribution in [2.75, 3.05) is 0 Å². The molecule has 0 spiro atoms. The van der Waals surface area contributed by atoms with Gasteiger partial charge in [-0.3, -0.25) is 9.59 Å². The molecule has 1 heterocycles. The van der Waals surface area contributed by atoms with Crippen LogP contribution in [-0.4, -0.2) is 39.1 Å². The van der Waals surface area contributed by atoms with Crippen LogP contribution >= 0.6 is 0 Å². The van der Waals surface area contributed by atoms with Gasteiger partial charge in [-0.2, -0.15) is 0 Å². The van der Waals surface area contributed by atoms with Gasteiger partial charge >= 0.3 is 0 Å². The van der Waals surface area contributed by atoms with Gasteiger partial charge in [0.15, 0.2) is 0 Å². The first-order chi connectivity index (χ1) is 23.1. The second-order valence-electron chi connectivity index (χ2n) is 12.8. The molecule has 4 N–H and O–H groups in total. The average Bonchev–Trinajstić information content (AvgIpc) is 3.13. The molecule has 246 valence electrons. The second kappa shape index (κ2) is 14.8. The lowest BCUT2D eigenvalue weighted by molar-refractivity contribution is 0.0181. The number of benzene rings is 4. The monoisotopic (exact) mass is 641 g/mol. The minimum atomic E-state index is -1.55. The highest BCUT2D eigenvalue weighted by Gasteiger charge is 2.44. The molecule has 4 aromatic carbocycles. The summed E-state index contributed by atoms with van der Waals surface area (Å²) in [6.45, 7) is 7.75. The summed E-state index contributed by atoms with van der Waals surface area (Å²) in [5.74, 6) is -1.43. The fraction of sp³-hybridized carbons (Fsp3) is 0.244. The van der Waals surface area contributed by atoms with E-state index in [2.05, 4.69) is 15.6 Å². The van der Waals surface area contributed by atoms with Gasteiger partial charge in [-0.25, -0.2) is 4.98 Å². The average molecular weight is 642 g/mol. The maximum atomic E-state index is 13.8. The molecule has 5 rings (SSSR count). The summed E-state index contributed by atoms with van der Waals surface area (Å²) < 4.78 is 0. The number of aliphatic hydroxyl groups is 2. The van der Waals surface area contributed by atoms with E-state index < -0.39 is 35.1 Å². The summed E-state index contributed by atoms with van der Waals surface area (Å²) in [6.07, 6.45) is 0. The number of amides is 2. The Hall–Kier alpha value is -5.11. The third-order valence-electron chi connectivity index (χ3n) is 8.88. The quantitative estimate of drug-likeness (QED) is 0.125. The maximum Gasteiger partial charge on any atom is 0.270 e. The molecule has 0 saturated carbocycles. The van der Waals surface area contributed by atoms with Crippen molar-refractivity contribution in [3.63, 3.8) is 0 Å². The molecule has 0 saturated heterocycles. The topological polar surface area (TPSA) is 112 Å². The van der Waals surface area contributed by atoms with Crippen LogP contribution in [0, 0.1) is 11.8 Å². The van der Waals surface area contributed by atoms with Crippen LogP contribution in [0.25, 0.3) is 0 Å². The summed E-state index contributed by atoms with van der Waals surface area (Å²) in [5.41, 5.74) is -0.490.